The lowest BCUT2D eigenvalue weighted by atomic mass is 10.0. The van der Waals surface area contributed by atoms with Crippen LogP contribution in [0, 0.1) is 23.2 Å². The molecule has 4 nitrogen and oxygen atoms in total. The number of carbonyl (C=O) groups is 1. The van der Waals surface area contributed by atoms with Crippen molar-refractivity contribution in [1.29, 1.82) is 5.26 Å². The van der Waals surface area contributed by atoms with Crippen molar-refractivity contribution in [2.75, 3.05) is 6.61 Å². The van der Waals surface area contributed by atoms with Gasteiger partial charge in [0, 0.05) is 6.61 Å². The average molecular weight is 208 g/mol. The summed E-state index contributed by atoms with van der Waals surface area (Å²) >= 11 is 0. The molecule has 0 aromatic carbocycles. The Balaban J connectivity index is 1.88. The molecule has 0 aromatic heterocycles. The zero-order valence-corrected chi connectivity index (χ0v) is 8.90. The van der Waals surface area contributed by atoms with Gasteiger partial charge in [-0.1, -0.05) is 6.92 Å². The molecule has 3 unspecified atom stereocenters. The standard InChI is InChI=1S/C11H16N2O2/c1-7-4-5-15-10(7)11(14)13-9(6-12)8-2-3-8/h7-10H,2-5H2,1H3,(H,13,14). The fourth-order valence-electron chi connectivity index (χ4n) is 1.95. The summed E-state index contributed by atoms with van der Waals surface area (Å²) in [4.78, 5) is 11.8. The molecule has 0 radical (unpaired) electrons. The Morgan fingerprint density at radius 2 is 2.27 bits per heavy atom. The smallest absolute Gasteiger partial charge is 0.250 e. The summed E-state index contributed by atoms with van der Waals surface area (Å²) in [5.74, 6) is 0.526. The zero-order chi connectivity index (χ0) is 10.8. The van der Waals surface area contributed by atoms with Gasteiger partial charge >= 0.3 is 0 Å². The lowest BCUT2D eigenvalue weighted by molar-refractivity contribution is -0.132. The van der Waals surface area contributed by atoms with Crippen molar-refractivity contribution in [3.05, 3.63) is 0 Å². The molecule has 1 N–H and O–H groups in total. The van der Waals surface area contributed by atoms with Crippen LogP contribution >= 0.6 is 0 Å². The van der Waals surface area contributed by atoms with E-state index in [1.807, 2.05) is 6.92 Å². The largest absolute Gasteiger partial charge is 0.368 e. The molecular formula is C11H16N2O2. The quantitative estimate of drug-likeness (QED) is 0.747. The second-order valence-corrected chi connectivity index (χ2v) is 4.51. The summed E-state index contributed by atoms with van der Waals surface area (Å²) in [6, 6.07) is 1.83. The number of hydrogen-bond donors (Lipinski definition) is 1. The second-order valence-electron chi connectivity index (χ2n) is 4.51. The first kappa shape index (κ1) is 10.4. The topological polar surface area (TPSA) is 62.1 Å². The maximum Gasteiger partial charge on any atom is 0.250 e. The third-order valence-electron chi connectivity index (χ3n) is 3.18. The molecule has 1 amide bonds. The highest BCUT2D eigenvalue weighted by atomic mass is 16.5. The SMILES string of the molecule is CC1CCOC1C(=O)NC(C#N)C1CC1. The summed E-state index contributed by atoms with van der Waals surface area (Å²) in [7, 11) is 0. The van der Waals surface area contributed by atoms with Crippen molar-refractivity contribution in [3.63, 3.8) is 0 Å². The maximum absolute atomic E-state index is 11.8. The van der Waals surface area contributed by atoms with E-state index in [4.69, 9.17) is 10.00 Å². The van der Waals surface area contributed by atoms with Gasteiger partial charge in [0.15, 0.2) is 0 Å². The number of nitrogens with zero attached hydrogens (tertiary/aromatic N) is 1. The average Bonchev–Trinajstić information content (AvgIpc) is 2.97. The molecule has 0 spiro atoms. The van der Waals surface area contributed by atoms with Crippen LogP contribution in [0.15, 0.2) is 0 Å². The van der Waals surface area contributed by atoms with Crippen molar-refractivity contribution in [2.45, 2.75) is 38.3 Å². The van der Waals surface area contributed by atoms with Crippen LogP contribution in [-0.2, 0) is 9.53 Å². The predicted molar refractivity (Wildman–Crippen MR) is 53.8 cm³/mol. The van der Waals surface area contributed by atoms with Gasteiger partial charge in [0.2, 0.25) is 5.91 Å². The zero-order valence-electron chi connectivity index (χ0n) is 8.90. The number of amides is 1. The van der Waals surface area contributed by atoms with E-state index >= 15 is 0 Å². The Morgan fingerprint density at radius 1 is 1.53 bits per heavy atom. The van der Waals surface area contributed by atoms with Gasteiger partial charge in [-0.25, -0.2) is 0 Å². The molecule has 1 heterocycles. The van der Waals surface area contributed by atoms with Crippen LogP contribution < -0.4 is 5.32 Å². The van der Waals surface area contributed by atoms with Crippen molar-refractivity contribution < 1.29 is 9.53 Å². The van der Waals surface area contributed by atoms with Crippen molar-refractivity contribution in [2.24, 2.45) is 11.8 Å². The molecule has 0 aromatic rings. The molecule has 1 aliphatic carbocycles. The number of hydrogen-bond acceptors (Lipinski definition) is 3. The van der Waals surface area contributed by atoms with Crippen LogP contribution in [0.3, 0.4) is 0 Å². The first-order valence-electron chi connectivity index (χ1n) is 5.54. The summed E-state index contributed by atoms with van der Waals surface area (Å²) < 4.78 is 5.35. The summed E-state index contributed by atoms with van der Waals surface area (Å²) in [6.45, 7) is 2.66. The van der Waals surface area contributed by atoms with Gasteiger partial charge in [0.1, 0.15) is 12.1 Å². The third-order valence-corrected chi connectivity index (χ3v) is 3.18. The third kappa shape index (κ3) is 2.29. The van der Waals surface area contributed by atoms with E-state index in [1.54, 1.807) is 0 Å². The minimum atomic E-state index is -0.348. The molecule has 0 bridgehead atoms. The molecule has 3 atom stereocenters. The van der Waals surface area contributed by atoms with Gasteiger partial charge in [-0.3, -0.25) is 4.79 Å². The first-order chi connectivity index (χ1) is 7.22. The number of nitrogens with one attached hydrogen (secondary N) is 1. The van der Waals surface area contributed by atoms with Crippen LogP contribution in [0.5, 0.6) is 0 Å². The number of rotatable bonds is 3. The van der Waals surface area contributed by atoms with Gasteiger partial charge < -0.3 is 10.1 Å². The van der Waals surface area contributed by atoms with E-state index in [-0.39, 0.29) is 24.0 Å². The van der Waals surface area contributed by atoms with Crippen LogP contribution in [0.25, 0.3) is 0 Å². The van der Waals surface area contributed by atoms with Gasteiger partial charge in [0.05, 0.1) is 6.07 Å². The molecule has 1 saturated heterocycles. The Hall–Kier alpha value is -1.08. The summed E-state index contributed by atoms with van der Waals surface area (Å²) in [5, 5.41) is 11.7. The van der Waals surface area contributed by atoms with Crippen molar-refractivity contribution in [1.82, 2.24) is 5.32 Å². The Kier molecular flexibility index (Phi) is 2.92. The Bertz CT molecular complexity index is 293. The highest BCUT2D eigenvalue weighted by molar-refractivity contribution is 5.82. The van der Waals surface area contributed by atoms with Crippen molar-refractivity contribution in [3.8, 4) is 6.07 Å². The molecule has 4 heteroatoms. The molecule has 2 rings (SSSR count). The van der Waals surface area contributed by atoms with Crippen LogP contribution in [0.1, 0.15) is 26.2 Å². The Morgan fingerprint density at radius 3 is 2.73 bits per heavy atom. The maximum atomic E-state index is 11.8. The lowest BCUT2D eigenvalue weighted by Gasteiger charge is -2.17. The second kappa shape index (κ2) is 4.19. The first-order valence-corrected chi connectivity index (χ1v) is 5.54. The van der Waals surface area contributed by atoms with Gasteiger partial charge in [-0.15, -0.1) is 0 Å². The van der Waals surface area contributed by atoms with E-state index in [1.165, 1.54) is 0 Å². The number of nitriles is 1. The van der Waals surface area contributed by atoms with E-state index < -0.39 is 0 Å². The van der Waals surface area contributed by atoms with E-state index in [0.717, 1.165) is 19.3 Å². The summed E-state index contributed by atoms with van der Waals surface area (Å²) in [6.07, 6.45) is 2.69. The van der Waals surface area contributed by atoms with Crippen LogP contribution in [0.4, 0.5) is 0 Å². The fraction of sp³-hybridized carbons (Fsp3) is 0.818. The van der Waals surface area contributed by atoms with Gasteiger partial charge in [-0.05, 0) is 31.1 Å². The van der Waals surface area contributed by atoms with E-state index in [9.17, 15) is 4.79 Å². The predicted octanol–water partition coefficient (Wildman–Crippen LogP) is 0.830. The molecule has 1 aliphatic heterocycles. The van der Waals surface area contributed by atoms with Gasteiger partial charge in [0.25, 0.3) is 0 Å². The minimum Gasteiger partial charge on any atom is -0.368 e. The van der Waals surface area contributed by atoms with E-state index in [0.29, 0.717) is 12.5 Å². The highest BCUT2D eigenvalue weighted by Gasteiger charge is 2.36. The molecule has 2 fully saturated rings. The minimum absolute atomic E-state index is 0.113. The highest BCUT2D eigenvalue weighted by Crippen LogP contribution is 2.32. The van der Waals surface area contributed by atoms with Crippen LogP contribution in [-0.4, -0.2) is 24.7 Å². The van der Waals surface area contributed by atoms with Crippen molar-refractivity contribution >= 4 is 5.91 Å². The molecule has 15 heavy (non-hydrogen) atoms. The molecule has 2 aliphatic rings. The summed E-state index contributed by atoms with van der Waals surface area (Å²) in [5.41, 5.74) is 0. The molecule has 1 saturated carbocycles. The normalized spacial score (nSPS) is 32.0. The Labute approximate surface area is 89.6 Å². The molecule has 82 valence electrons. The molecular weight excluding hydrogens is 192 g/mol. The lowest BCUT2D eigenvalue weighted by Crippen LogP contribution is -2.43. The fourth-order valence-corrected chi connectivity index (χ4v) is 1.95. The number of ether oxygens (including phenoxy) is 1. The number of carbonyl (C=O) groups excluding carboxylic acids is 1. The van der Waals surface area contributed by atoms with E-state index in [2.05, 4.69) is 11.4 Å². The van der Waals surface area contributed by atoms with Gasteiger partial charge in [-0.2, -0.15) is 5.26 Å². The monoisotopic (exact) mass is 208 g/mol. The van der Waals surface area contributed by atoms with Crippen LogP contribution in [0.2, 0.25) is 0 Å².